The largest absolute Gasteiger partial charge is 0.331 e. The predicted octanol–water partition coefficient (Wildman–Crippen LogP) is 0.816. The fourth-order valence-electron chi connectivity index (χ4n) is 3.18. The highest BCUT2D eigenvalue weighted by Crippen LogP contribution is 2.25. The highest BCUT2D eigenvalue weighted by atomic mass is 32.2. The maximum atomic E-state index is 12.7. The minimum Gasteiger partial charge on any atom is -0.331 e. The van der Waals surface area contributed by atoms with Gasteiger partial charge in [0.25, 0.3) is 0 Å². The summed E-state index contributed by atoms with van der Waals surface area (Å²) in [5, 5.41) is 4.27. The van der Waals surface area contributed by atoms with Crippen LogP contribution >= 0.6 is 0 Å². The molecule has 23 heavy (non-hydrogen) atoms. The molecule has 1 aromatic heterocycles. The van der Waals surface area contributed by atoms with Crippen LogP contribution in [0.2, 0.25) is 0 Å². The van der Waals surface area contributed by atoms with E-state index in [2.05, 4.69) is 9.82 Å². The lowest BCUT2D eigenvalue weighted by Gasteiger charge is -2.34. The van der Waals surface area contributed by atoms with Gasteiger partial charge in [-0.1, -0.05) is 6.08 Å². The molecule has 0 fully saturated rings. The SMILES string of the molecule is CS(=O)(=O)NC[C@H]1CN(C(=O)C2=CCCCC2)Cc2ccnn21. The summed E-state index contributed by atoms with van der Waals surface area (Å²) < 4.78 is 27.0. The smallest absolute Gasteiger partial charge is 0.249 e. The molecular formula is C15H22N4O3S. The van der Waals surface area contributed by atoms with Gasteiger partial charge in [0.2, 0.25) is 15.9 Å². The Labute approximate surface area is 136 Å². The van der Waals surface area contributed by atoms with Gasteiger partial charge in [-0.15, -0.1) is 0 Å². The number of nitrogens with one attached hydrogen (secondary N) is 1. The lowest BCUT2D eigenvalue weighted by atomic mass is 9.98. The first kappa shape index (κ1) is 16.2. The second-order valence-electron chi connectivity index (χ2n) is 6.20. The van der Waals surface area contributed by atoms with Gasteiger partial charge in [-0.05, 0) is 31.7 Å². The lowest BCUT2D eigenvalue weighted by molar-refractivity contribution is -0.129. The van der Waals surface area contributed by atoms with Crippen LogP contribution in [0.25, 0.3) is 0 Å². The van der Waals surface area contributed by atoms with Gasteiger partial charge in [0, 0.05) is 24.9 Å². The zero-order valence-corrected chi connectivity index (χ0v) is 14.1. The molecule has 0 unspecified atom stereocenters. The number of hydrogen-bond donors (Lipinski definition) is 1. The Bertz CT molecular complexity index is 723. The van der Waals surface area contributed by atoms with E-state index in [1.807, 2.05) is 21.7 Å². The average molecular weight is 338 g/mol. The van der Waals surface area contributed by atoms with Crippen molar-refractivity contribution in [1.82, 2.24) is 19.4 Å². The van der Waals surface area contributed by atoms with E-state index >= 15 is 0 Å². The molecule has 7 nitrogen and oxygen atoms in total. The standard InChI is InChI=1S/C15H22N4O3S/c1-23(21,22)17-9-14-11-18(10-13-7-8-16-19(13)14)15(20)12-5-3-2-4-6-12/h5,7-8,14,17H,2-4,6,9-11H2,1H3/t14-/m0/s1. The van der Waals surface area contributed by atoms with Crippen molar-refractivity contribution in [2.24, 2.45) is 0 Å². The van der Waals surface area contributed by atoms with Crippen molar-refractivity contribution in [2.45, 2.75) is 38.3 Å². The van der Waals surface area contributed by atoms with Crippen LogP contribution in [0.1, 0.15) is 37.4 Å². The third-order valence-corrected chi connectivity index (χ3v) is 5.01. The van der Waals surface area contributed by atoms with Crippen LogP contribution in [0, 0.1) is 0 Å². The molecule has 126 valence electrons. The van der Waals surface area contributed by atoms with Gasteiger partial charge in [0.1, 0.15) is 0 Å². The number of allylic oxidation sites excluding steroid dienone is 1. The van der Waals surface area contributed by atoms with E-state index in [-0.39, 0.29) is 18.5 Å². The molecule has 1 aromatic rings. The summed E-state index contributed by atoms with van der Waals surface area (Å²) in [4.78, 5) is 14.5. The first-order valence-electron chi connectivity index (χ1n) is 7.89. The van der Waals surface area contributed by atoms with Crippen LogP contribution < -0.4 is 4.72 Å². The highest BCUT2D eigenvalue weighted by molar-refractivity contribution is 7.88. The summed E-state index contributed by atoms with van der Waals surface area (Å²) in [6.07, 6.45) is 8.87. The topological polar surface area (TPSA) is 84.3 Å². The van der Waals surface area contributed by atoms with E-state index < -0.39 is 10.0 Å². The minimum absolute atomic E-state index is 0.0708. The minimum atomic E-state index is -3.27. The first-order chi connectivity index (χ1) is 10.9. The molecule has 3 rings (SSSR count). The Morgan fingerprint density at radius 1 is 1.43 bits per heavy atom. The van der Waals surface area contributed by atoms with E-state index in [0.29, 0.717) is 13.1 Å². The summed E-state index contributed by atoms with van der Waals surface area (Å²) in [7, 11) is -3.27. The first-order valence-corrected chi connectivity index (χ1v) is 9.78. The van der Waals surface area contributed by atoms with Crippen LogP contribution in [0.3, 0.4) is 0 Å². The number of carbonyl (C=O) groups is 1. The molecule has 2 heterocycles. The van der Waals surface area contributed by atoms with Crippen molar-refractivity contribution in [3.05, 3.63) is 29.6 Å². The number of rotatable bonds is 4. The summed E-state index contributed by atoms with van der Waals surface area (Å²) >= 11 is 0. The molecule has 1 N–H and O–H groups in total. The van der Waals surface area contributed by atoms with Crippen LogP contribution in [0.15, 0.2) is 23.9 Å². The van der Waals surface area contributed by atoms with E-state index in [4.69, 9.17) is 0 Å². The normalized spacial score (nSPS) is 21.7. The van der Waals surface area contributed by atoms with E-state index in [0.717, 1.165) is 43.2 Å². The second kappa shape index (κ2) is 6.45. The average Bonchev–Trinajstić information content (AvgIpc) is 3.00. The van der Waals surface area contributed by atoms with E-state index in [1.165, 1.54) is 0 Å². The van der Waals surface area contributed by atoms with Crippen LogP contribution in [0.4, 0.5) is 0 Å². The molecule has 8 heteroatoms. The molecule has 0 bridgehead atoms. The zero-order valence-electron chi connectivity index (χ0n) is 13.2. The lowest BCUT2D eigenvalue weighted by Crippen LogP contribution is -2.45. The number of aromatic nitrogens is 2. The van der Waals surface area contributed by atoms with Gasteiger partial charge in [-0.3, -0.25) is 9.48 Å². The molecular weight excluding hydrogens is 316 g/mol. The quantitative estimate of drug-likeness (QED) is 0.881. The maximum Gasteiger partial charge on any atom is 0.249 e. The summed E-state index contributed by atoms with van der Waals surface area (Å²) in [6, 6.07) is 1.69. The summed E-state index contributed by atoms with van der Waals surface area (Å²) in [6.45, 7) is 1.22. The van der Waals surface area contributed by atoms with Gasteiger partial charge in [0.15, 0.2) is 0 Å². The number of hydrogen-bond acceptors (Lipinski definition) is 4. The summed E-state index contributed by atoms with van der Waals surface area (Å²) in [5.41, 5.74) is 1.82. The second-order valence-corrected chi connectivity index (χ2v) is 8.04. The third kappa shape index (κ3) is 3.81. The monoisotopic (exact) mass is 338 g/mol. The Kier molecular flexibility index (Phi) is 4.54. The van der Waals surface area contributed by atoms with Crippen molar-refractivity contribution < 1.29 is 13.2 Å². The Balaban J connectivity index is 1.77. The number of fused-ring (bicyclic) bond motifs is 1. The van der Waals surface area contributed by atoms with Gasteiger partial charge in [0.05, 0.1) is 24.5 Å². The zero-order chi connectivity index (χ0) is 16.4. The molecule has 1 amide bonds. The number of nitrogens with zero attached hydrogens (tertiary/aromatic N) is 3. The molecule has 0 aromatic carbocycles. The third-order valence-electron chi connectivity index (χ3n) is 4.32. The molecule has 1 aliphatic carbocycles. The highest BCUT2D eigenvalue weighted by Gasteiger charge is 2.30. The molecule has 0 radical (unpaired) electrons. The molecule has 2 aliphatic rings. The van der Waals surface area contributed by atoms with E-state index in [1.54, 1.807) is 6.20 Å². The summed E-state index contributed by atoms with van der Waals surface area (Å²) in [5.74, 6) is 0.0708. The number of carbonyl (C=O) groups excluding carboxylic acids is 1. The van der Waals surface area contributed by atoms with Crippen LogP contribution in [0.5, 0.6) is 0 Å². The van der Waals surface area contributed by atoms with Crippen LogP contribution in [-0.2, 0) is 21.4 Å². The maximum absolute atomic E-state index is 12.7. The molecule has 0 spiro atoms. The van der Waals surface area contributed by atoms with Gasteiger partial charge < -0.3 is 4.90 Å². The van der Waals surface area contributed by atoms with E-state index in [9.17, 15) is 13.2 Å². The van der Waals surface area contributed by atoms with Crippen molar-refractivity contribution in [1.29, 1.82) is 0 Å². The Morgan fingerprint density at radius 3 is 2.96 bits per heavy atom. The predicted molar refractivity (Wildman–Crippen MR) is 86.1 cm³/mol. The van der Waals surface area contributed by atoms with Crippen molar-refractivity contribution in [3.63, 3.8) is 0 Å². The Hall–Kier alpha value is -1.67. The van der Waals surface area contributed by atoms with Crippen molar-refractivity contribution >= 4 is 15.9 Å². The van der Waals surface area contributed by atoms with Gasteiger partial charge >= 0.3 is 0 Å². The molecule has 0 saturated heterocycles. The fraction of sp³-hybridized carbons (Fsp3) is 0.600. The molecule has 0 saturated carbocycles. The van der Waals surface area contributed by atoms with Crippen molar-refractivity contribution in [3.8, 4) is 0 Å². The van der Waals surface area contributed by atoms with Gasteiger partial charge in [-0.25, -0.2) is 13.1 Å². The fourth-order valence-corrected chi connectivity index (χ4v) is 3.67. The van der Waals surface area contributed by atoms with Crippen LogP contribution in [-0.4, -0.2) is 48.4 Å². The van der Waals surface area contributed by atoms with Crippen molar-refractivity contribution in [2.75, 3.05) is 19.3 Å². The number of sulfonamides is 1. The molecule has 1 atom stereocenters. The number of amides is 1. The molecule has 1 aliphatic heterocycles. The van der Waals surface area contributed by atoms with Gasteiger partial charge in [-0.2, -0.15) is 5.10 Å². The Morgan fingerprint density at radius 2 is 2.26 bits per heavy atom.